The van der Waals surface area contributed by atoms with Gasteiger partial charge in [-0.1, -0.05) is 33.6 Å². The molecule has 0 aromatic rings. The van der Waals surface area contributed by atoms with E-state index < -0.39 is 0 Å². The molecule has 0 radical (unpaired) electrons. The highest BCUT2D eigenvalue weighted by molar-refractivity contribution is 5.78. The SMILES string of the molecule is CC(C)C(=O)N1CCC(NC2CCCCC2C)CC1. The Labute approximate surface area is 118 Å². The number of piperidine rings is 1. The highest BCUT2D eigenvalue weighted by atomic mass is 16.2. The van der Waals surface area contributed by atoms with E-state index >= 15 is 0 Å². The molecule has 0 spiro atoms. The van der Waals surface area contributed by atoms with E-state index in [1.807, 2.05) is 18.7 Å². The van der Waals surface area contributed by atoms with Crippen molar-refractivity contribution in [1.29, 1.82) is 0 Å². The average Bonchev–Trinajstić information content (AvgIpc) is 2.41. The number of hydrogen-bond donors (Lipinski definition) is 1. The molecule has 1 aliphatic heterocycles. The van der Waals surface area contributed by atoms with Crippen LogP contribution in [0.1, 0.15) is 59.3 Å². The van der Waals surface area contributed by atoms with Crippen LogP contribution in [0.4, 0.5) is 0 Å². The van der Waals surface area contributed by atoms with Crippen LogP contribution in [0.3, 0.4) is 0 Å². The zero-order valence-electron chi connectivity index (χ0n) is 12.8. The van der Waals surface area contributed by atoms with E-state index in [-0.39, 0.29) is 5.92 Å². The highest BCUT2D eigenvalue weighted by Gasteiger charge is 2.28. The molecule has 1 amide bonds. The van der Waals surface area contributed by atoms with Crippen molar-refractivity contribution in [2.45, 2.75) is 71.4 Å². The molecule has 0 bridgehead atoms. The summed E-state index contributed by atoms with van der Waals surface area (Å²) in [6, 6.07) is 1.34. The van der Waals surface area contributed by atoms with E-state index in [0.717, 1.165) is 31.8 Å². The summed E-state index contributed by atoms with van der Waals surface area (Å²) >= 11 is 0. The lowest BCUT2D eigenvalue weighted by Crippen LogP contribution is -2.50. The normalized spacial score (nSPS) is 29.8. The number of likely N-dealkylation sites (tertiary alicyclic amines) is 1. The van der Waals surface area contributed by atoms with Gasteiger partial charge in [0.1, 0.15) is 0 Å². The third-order valence-corrected chi connectivity index (χ3v) is 4.86. The lowest BCUT2D eigenvalue weighted by atomic mass is 9.85. The van der Waals surface area contributed by atoms with Gasteiger partial charge < -0.3 is 10.2 Å². The van der Waals surface area contributed by atoms with E-state index in [4.69, 9.17) is 0 Å². The fourth-order valence-corrected chi connectivity index (χ4v) is 3.50. The molecule has 2 aliphatic rings. The fraction of sp³-hybridized carbons (Fsp3) is 0.938. The number of nitrogens with one attached hydrogen (secondary N) is 1. The molecule has 2 fully saturated rings. The molecule has 19 heavy (non-hydrogen) atoms. The first-order valence-corrected chi connectivity index (χ1v) is 8.12. The van der Waals surface area contributed by atoms with Crippen LogP contribution in [0, 0.1) is 11.8 Å². The van der Waals surface area contributed by atoms with E-state index in [1.165, 1.54) is 25.7 Å². The van der Waals surface area contributed by atoms with Crippen LogP contribution >= 0.6 is 0 Å². The summed E-state index contributed by atoms with van der Waals surface area (Å²) in [5.74, 6) is 1.29. The van der Waals surface area contributed by atoms with Crippen molar-refractivity contribution < 1.29 is 4.79 Å². The van der Waals surface area contributed by atoms with Gasteiger partial charge in [0, 0.05) is 31.1 Å². The molecule has 2 rings (SSSR count). The molecule has 1 saturated carbocycles. The third-order valence-electron chi connectivity index (χ3n) is 4.86. The zero-order valence-corrected chi connectivity index (χ0v) is 12.8. The lowest BCUT2D eigenvalue weighted by Gasteiger charge is -2.38. The molecule has 1 heterocycles. The first-order chi connectivity index (χ1) is 9.08. The first-order valence-electron chi connectivity index (χ1n) is 8.12. The first kappa shape index (κ1) is 14.8. The third kappa shape index (κ3) is 3.95. The van der Waals surface area contributed by atoms with Crippen molar-refractivity contribution in [1.82, 2.24) is 10.2 Å². The molecule has 0 aromatic carbocycles. The summed E-state index contributed by atoms with van der Waals surface area (Å²) in [6.07, 6.45) is 7.76. The van der Waals surface area contributed by atoms with Crippen LogP contribution in [0.2, 0.25) is 0 Å². The topological polar surface area (TPSA) is 32.3 Å². The largest absolute Gasteiger partial charge is 0.342 e. The van der Waals surface area contributed by atoms with E-state index in [9.17, 15) is 4.79 Å². The summed E-state index contributed by atoms with van der Waals surface area (Å²) in [5, 5.41) is 3.86. The molecule has 1 aliphatic carbocycles. The Kier molecular flexibility index (Phi) is 5.26. The summed E-state index contributed by atoms with van der Waals surface area (Å²) in [7, 11) is 0. The molecule has 1 N–H and O–H groups in total. The second-order valence-corrected chi connectivity index (χ2v) is 6.79. The Bertz CT molecular complexity index is 295. The van der Waals surface area contributed by atoms with Gasteiger partial charge in [-0.05, 0) is 31.6 Å². The van der Waals surface area contributed by atoms with Crippen LogP contribution < -0.4 is 5.32 Å². The van der Waals surface area contributed by atoms with Crippen molar-refractivity contribution in [2.75, 3.05) is 13.1 Å². The summed E-state index contributed by atoms with van der Waals surface area (Å²) in [6.45, 7) is 8.26. The lowest BCUT2D eigenvalue weighted by molar-refractivity contribution is -0.135. The Morgan fingerprint density at radius 2 is 1.74 bits per heavy atom. The monoisotopic (exact) mass is 266 g/mol. The molecule has 1 saturated heterocycles. The Balaban J connectivity index is 1.75. The second-order valence-electron chi connectivity index (χ2n) is 6.79. The Morgan fingerprint density at radius 3 is 2.32 bits per heavy atom. The predicted octanol–water partition coefficient (Wildman–Crippen LogP) is 2.80. The second kappa shape index (κ2) is 6.74. The van der Waals surface area contributed by atoms with Crippen molar-refractivity contribution in [3.05, 3.63) is 0 Å². The molecule has 2 atom stereocenters. The predicted molar refractivity (Wildman–Crippen MR) is 79.0 cm³/mol. The average molecular weight is 266 g/mol. The number of carbonyl (C=O) groups excluding carboxylic acids is 1. The van der Waals surface area contributed by atoms with Gasteiger partial charge in [-0.25, -0.2) is 0 Å². The Hall–Kier alpha value is -0.570. The van der Waals surface area contributed by atoms with Gasteiger partial charge in [-0.3, -0.25) is 4.79 Å². The number of rotatable bonds is 3. The van der Waals surface area contributed by atoms with Crippen molar-refractivity contribution in [3.63, 3.8) is 0 Å². The van der Waals surface area contributed by atoms with Gasteiger partial charge in [-0.2, -0.15) is 0 Å². The summed E-state index contributed by atoms with van der Waals surface area (Å²) < 4.78 is 0. The van der Waals surface area contributed by atoms with Crippen molar-refractivity contribution in [2.24, 2.45) is 11.8 Å². The smallest absolute Gasteiger partial charge is 0.225 e. The van der Waals surface area contributed by atoms with Crippen LogP contribution in [-0.2, 0) is 4.79 Å². The maximum atomic E-state index is 12.0. The van der Waals surface area contributed by atoms with Gasteiger partial charge in [-0.15, -0.1) is 0 Å². The van der Waals surface area contributed by atoms with Crippen molar-refractivity contribution >= 4 is 5.91 Å². The highest BCUT2D eigenvalue weighted by Crippen LogP contribution is 2.25. The number of amides is 1. The number of nitrogens with zero attached hydrogens (tertiary/aromatic N) is 1. The van der Waals surface area contributed by atoms with Gasteiger partial charge in [0.2, 0.25) is 5.91 Å². The fourth-order valence-electron chi connectivity index (χ4n) is 3.50. The molecule has 3 heteroatoms. The van der Waals surface area contributed by atoms with E-state index in [2.05, 4.69) is 12.2 Å². The summed E-state index contributed by atoms with van der Waals surface area (Å²) in [4.78, 5) is 14.0. The minimum Gasteiger partial charge on any atom is -0.342 e. The van der Waals surface area contributed by atoms with Gasteiger partial charge in [0.15, 0.2) is 0 Å². The van der Waals surface area contributed by atoms with Gasteiger partial charge in [0.25, 0.3) is 0 Å². The maximum absolute atomic E-state index is 12.0. The van der Waals surface area contributed by atoms with E-state index in [0.29, 0.717) is 18.0 Å². The minimum absolute atomic E-state index is 0.142. The minimum atomic E-state index is 0.142. The van der Waals surface area contributed by atoms with Crippen LogP contribution in [-0.4, -0.2) is 36.0 Å². The molecule has 0 aromatic heterocycles. The van der Waals surface area contributed by atoms with E-state index in [1.54, 1.807) is 0 Å². The zero-order chi connectivity index (χ0) is 13.8. The quantitative estimate of drug-likeness (QED) is 0.852. The van der Waals surface area contributed by atoms with Crippen LogP contribution in [0.15, 0.2) is 0 Å². The molecule has 110 valence electrons. The molecular formula is C16H30N2O. The Morgan fingerprint density at radius 1 is 1.11 bits per heavy atom. The van der Waals surface area contributed by atoms with Gasteiger partial charge in [0.05, 0.1) is 0 Å². The van der Waals surface area contributed by atoms with Crippen molar-refractivity contribution in [3.8, 4) is 0 Å². The maximum Gasteiger partial charge on any atom is 0.225 e. The number of carbonyl (C=O) groups is 1. The van der Waals surface area contributed by atoms with Gasteiger partial charge >= 0.3 is 0 Å². The van der Waals surface area contributed by atoms with Crippen LogP contribution in [0.5, 0.6) is 0 Å². The van der Waals surface area contributed by atoms with Crippen LogP contribution in [0.25, 0.3) is 0 Å². The molecule has 2 unspecified atom stereocenters. The summed E-state index contributed by atoms with van der Waals surface area (Å²) in [5.41, 5.74) is 0. The number of hydrogen-bond acceptors (Lipinski definition) is 2. The molecule has 3 nitrogen and oxygen atoms in total. The standard InChI is InChI=1S/C16H30N2O/c1-12(2)16(19)18-10-8-14(9-11-18)17-15-7-5-4-6-13(15)3/h12-15,17H,4-11H2,1-3H3. The molecular weight excluding hydrogens is 236 g/mol.